The van der Waals surface area contributed by atoms with Crippen molar-refractivity contribution in [3.63, 3.8) is 0 Å². The number of imidazole rings is 2. The maximum absolute atomic E-state index is 13.0. The van der Waals surface area contributed by atoms with Crippen LogP contribution in [0.1, 0.15) is 17.1 Å². The molecule has 2 heterocycles. The van der Waals surface area contributed by atoms with Gasteiger partial charge in [-0.15, -0.1) is 0 Å². The summed E-state index contributed by atoms with van der Waals surface area (Å²) in [4.78, 5) is 14.9. The number of rotatable bonds is 3. The summed E-state index contributed by atoms with van der Waals surface area (Å²) >= 11 is 0. The van der Waals surface area contributed by atoms with Gasteiger partial charge in [-0.1, -0.05) is 12.1 Å². The van der Waals surface area contributed by atoms with Crippen molar-refractivity contribution in [2.24, 2.45) is 0 Å². The van der Waals surface area contributed by atoms with Crippen molar-refractivity contribution in [2.75, 3.05) is 0 Å². The first kappa shape index (κ1) is 14.4. The Bertz CT molecular complexity index is 1020. The summed E-state index contributed by atoms with van der Waals surface area (Å²) in [6.45, 7) is 1.84. The summed E-state index contributed by atoms with van der Waals surface area (Å²) in [7, 11) is 0. The Kier molecular flexibility index (Phi) is 3.30. The van der Waals surface area contributed by atoms with Gasteiger partial charge in [0.2, 0.25) is 0 Å². The number of aromatic amines is 2. The number of nitrogens with one attached hydrogen (secondary N) is 2. The molecule has 2 aromatic heterocycles. The largest absolute Gasteiger partial charge is 0.505 e. The highest BCUT2D eigenvalue weighted by Crippen LogP contribution is 2.33. The molecular formula is C18H15FN4O. The molecule has 0 aliphatic carbocycles. The van der Waals surface area contributed by atoms with E-state index in [-0.39, 0.29) is 11.6 Å². The van der Waals surface area contributed by atoms with Crippen LogP contribution in [0.15, 0.2) is 42.6 Å². The molecule has 3 N–H and O–H groups in total. The molecule has 0 bridgehead atoms. The number of phenolic OH excluding ortho intramolecular Hbond substituents is 1. The quantitative estimate of drug-likeness (QED) is 0.538. The number of hydrogen-bond donors (Lipinski definition) is 3. The third-order valence-corrected chi connectivity index (χ3v) is 3.94. The Morgan fingerprint density at radius 1 is 1.08 bits per heavy atom. The highest BCUT2D eigenvalue weighted by molar-refractivity contribution is 5.88. The molecule has 24 heavy (non-hydrogen) atoms. The number of benzene rings is 2. The molecule has 0 fully saturated rings. The van der Waals surface area contributed by atoms with Crippen LogP contribution < -0.4 is 0 Å². The Hall–Kier alpha value is -3.15. The van der Waals surface area contributed by atoms with Gasteiger partial charge in [0, 0.05) is 18.3 Å². The number of hydrogen-bond acceptors (Lipinski definition) is 3. The summed E-state index contributed by atoms with van der Waals surface area (Å²) < 4.78 is 13.0. The zero-order valence-electron chi connectivity index (χ0n) is 13.0. The molecule has 0 atom stereocenters. The van der Waals surface area contributed by atoms with E-state index in [1.54, 1.807) is 24.4 Å². The second kappa shape index (κ2) is 5.49. The normalized spacial score (nSPS) is 11.2. The fourth-order valence-electron chi connectivity index (χ4n) is 2.78. The first-order valence-corrected chi connectivity index (χ1v) is 7.57. The number of H-pyrrole nitrogens is 2. The maximum atomic E-state index is 13.0. The number of fused-ring (bicyclic) bond motifs is 1. The van der Waals surface area contributed by atoms with Crippen LogP contribution in [0.5, 0.6) is 5.75 Å². The summed E-state index contributed by atoms with van der Waals surface area (Å²) in [5, 5.41) is 10.5. The molecule has 0 spiro atoms. The molecule has 120 valence electrons. The molecule has 0 aliphatic rings. The zero-order chi connectivity index (χ0) is 16.7. The van der Waals surface area contributed by atoms with Gasteiger partial charge in [0.1, 0.15) is 23.0 Å². The fourth-order valence-corrected chi connectivity index (χ4v) is 2.78. The molecule has 2 aromatic carbocycles. The monoisotopic (exact) mass is 322 g/mol. The Morgan fingerprint density at radius 2 is 1.88 bits per heavy atom. The lowest BCUT2D eigenvalue weighted by Crippen LogP contribution is -1.89. The number of phenols is 1. The minimum absolute atomic E-state index is 0.0968. The van der Waals surface area contributed by atoms with Gasteiger partial charge < -0.3 is 15.1 Å². The molecule has 0 amide bonds. The molecule has 0 aliphatic heterocycles. The minimum Gasteiger partial charge on any atom is -0.505 e. The van der Waals surface area contributed by atoms with Crippen LogP contribution in [0.3, 0.4) is 0 Å². The molecule has 0 saturated heterocycles. The summed E-state index contributed by atoms with van der Waals surface area (Å²) in [6, 6.07) is 10.0. The first-order valence-electron chi connectivity index (χ1n) is 7.57. The van der Waals surface area contributed by atoms with Crippen LogP contribution in [0.2, 0.25) is 0 Å². The van der Waals surface area contributed by atoms with Crippen LogP contribution in [0.4, 0.5) is 4.39 Å². The molecule has 0 unspecified atom stereocenters. The van der Waals surface area contributed by atoms with Gasteiger partial charge in [-0.3, -0.25) is 0 Å². The van der Waals surface area contributed by atoms with Gasteiger partial charge >= 0.3 is 0 Å². The number of aryl methyl sites for hydroxylation is 1. The van der Waals surface area contributed by atoms with Crippen molar-refractivity contribution in [1.82, 2.24) is 19.9 Å². The number of nitrogens with zero attached hydrogens (tertiary/aromatic N) is 2. The fraction of sp³-hybridized carbons (Fsp3) is 0.111. The van der Waals surface area contributed by atoms with Crippen molar-refractivity contribution < 1.29 is 9.50 Å². The Balaban J connectivity index is 1.67. The highest BCUT2D eigenvalue weighted by Gasteiger charge is 2.14. The van der Waals surface area contributed by atoms with Gasteiger partial charge in [0.25, 0.3) is 0 Å². The van der Waals surface area contributed by atoms with E-state index in [0.717, 1.165) is 22.6 Å². The van der Waals surface area contributed by atoms with E-state index in [0.29, 0.717) is 23.3 Å². The predicted octanol–water partition coefficient (Wildman–Crippen LogP) is 3.70. The van der Waals surface area contributed by atoms with E-state index < -0.39 is 0 Å². The molecular weight excluding hydrogens is 307 g/mol. The van der Waals surface area contributed by atoms with Crippen LogP contribution >= 0.6 is 0 Å². The first-order chi connectivity index (χ1) is 11.6. The van der Waals surface area contributed by atoms with Gasteiger partial charge in [-0.25, -0.2) is 14.4 Å². The van der Waals surface area contributed by atoms with Crippen molar-refractivity contribution in [2.45, 2.75) is 13.3 Å². The Morgan fingerprint density at radius 3 is 2.67 bits per heavy atom. The second-order valence-corrected chi connectivity index (χ2v) is 5.74. The van der Waals surface area contributed by atoms with Gasteiger partial charge in [0.05, 0.1) is 11.1 Å². The average Bonchev–Trinajstić information content (AvgIpc) is 3.16. The number of aromatic hydroxyl groups is 1. The van der Waals surface area contributed by atoms with Crippen molar-refractivity contribution in [1.29, 1.82) is 0 Å². The summed E-state index contributed by atoms with van der Waals surface area (Å²) in [6.07, 6.45) is 2.33. The average molecular weight is 322 g/mol. The third kappa shape index (κ3) is 2.52. The van der Waals surface area contributed by atoms with Crippen molar-refractivity contribution in [3.05, 3.63) is 65.5 Å². The standard InChI is InChI=1S/C18H15FN4O/c1-10-21-15-7-6-14(17(24)16(15)22-10)18-20-9-13(23-18)8-11-2-4-12(19)5-3-11/h2-7,9,24H,8H2,1H3,(H,20,23)(H,21,22). The van der Waals surface area contributed by atoms with E-state index in [1.165, 1.54) is 12.1 Å². The Labute approximate surface area is 137 Å². The van der Waals surface area contributed by atoms with E-state index in [4.69, 9.17) is 0 Å². The molecule has 4 aromatic rings. The molecule has 0 saturated carbocycles. The van der Waals surface area contributed by atoms with Crippen molar-refractivity contribution in [3.8, 4) is 17.1 Å². The van der Waals surface area contributed by atoms with Gasteiger partial charge in [-0.2, -0.15) is 0 Å². The second-order valence-electron chi connectivity index (χ2n) is 5.74. The van der Waals surface area contributed by atoms with Crippen LogP contribution in [-0.4, -0.2) is 25.0 Å². The van der Waals surface area contributed by atoms with Gasteiger partial charge in [0.15, 0.2) is 5.75 Å². The summed E-state index contributed by atoms with van der Waals surface area (Å²) in [5.74, 6) is 1.16. The van der Waals surface area contributed by atoms with Crippen LogP contribution in [-0.2, 0) is 6.42 Å². The lowest BCUT2D eigenvalue weighted by Gasteiger charge is -2.02. The van der Waals surface area contributed by atoms with E-state index in [1.807, 2.05) is 13.0 Å². The van der Waals surface area contributed by atoms with E-state index in [9.17, 15) is 9.50 Å². The topological polar surface area (TPSA) is 77.6 Å². The SMILES string of the molecule is Cc1nc2c(O)c(-c3ncc(Cc4ccc(F)cc4)[nH]3)ccc2[nH]1. The smallest absolute Gasteiger partial charge is 0.154 e. The van der Waals surface area contributed by atoms with E-state index in [2.05, 4.69) is 19.9 Å². The van der Waals surface area contributed by atoms with E-state index >= 15 is 0 Å². The number of halogens is 1. The molecule has 4 rings (SSSR count). The maximum Gasteiger partial charge on any atom is 0.154 e. The summed E-state index contributed by atoms with van der Waals surface area (Å²) in [5.41, 5.74) is 3.77. The highest BCUT2D eigenvalue weighted by atomic mass is 19.1. The zero-order valence-corrected chi connectivity index (χ0v) is 13.0. The van der Waals surface area contributed by atoms with Gasteiger partial charge in [-0.05, 0) is 36.8 Å². The lowest BCUT2D eigenvalue weighted by atomic mass is 10.1. The third-order valence-electron chi connectivity index (χ3n) is 3.94. The van der Waals surface area contributed by atoms with Crippen LogP contribution in [0, 0.1) is 12.7 Å². The minimum atomic E-state index is -0.253. The lowest BCUT2D eigenvalue weighted by molar-refractivity contribution is 0.482. The molecule has 6 heteroatoms. The predicted molar refractivity (Wildman–Crippen MR) is 89.3 cm³/mol. The molecule has 0 radical (unpaired) electrons. The molecule has 5 nitrogen and oxygen atoms in total. The van der Waals surface area contributed by atoms with Crippen LogP contribution in [0.25, 0.3) is 22.4 Å². The number of aromatic nitrogens is 4. The van der Waals surface area contributed by atoms with Crippen molar-refractivity contribution >= 4 is 11.0 Å².